The number of rotatable bonds is 2. The molecule has 0 saturated heterocycles. The van der Waals surface area contributed by atoms with Gasteiger partial charge >= 0.3 is 75.3 Å². The van der Waals surface area contributed by atoms with E-state index in [2.05, 4.69) is 0 Å². The molecule has 2 nitrogen and oxygen atoms in total. The van der Waals surface area contributed by atoms with Crippen LogP contribution in [0.4, 0.5) is 0 Å². The third-order valence-electron chi connectivity index (χ3n) is 1.60. The van der Waals surface area contributed by atoms with Gasteiger partial charge in [-0.3, -0.25) is 0 Å². The first kappa shape index (κ1) is 8.51. The van der Waals surface area contributed by atoms with E-state index in [1.54, 1.807) is 14.2 Å². The van der Waals surface area contributed by atoms with Crippen molar-refractivity contribution < 1.29 is 9.47 Å². The molecule has 1 rings (SSSR count). The Balaban J connectivity index is 2.99. The van der Waals surface area contributed by atoms with Gasteiger partial charge in [-0.15, -0.1) is 0 Å². The minimum atomic E-state index is 0.864. The van der Waals surface area contributed by atoms with Crippen LogP contribution in [0.15, 0.2) is 18.2 Å². The first-order valence-corrected chi connectivity index (χ1v) is 3.46. The van der Waals surface area contributed by atoms with Crippen LogP contribution in [0.25, 0.3) is 0 Å². The van der Waals surface area contributed by atoms with Crippen LogP contribution in [-0.2, 0) is 0 Å². The molecule has 0 aliphatic carbocycles. The molecule has 0 aliphatic rings. The number of hydrogen-bond acceptors (Lipinski definition) is 2. The molecule has 0 aromatic heterocycles. The zero-order valence-corrected chi connectivity index (χ0v) is 7.05. The van der Waals surface area contributed by atoms with Gasteiger partial charge in [-0.25, -0.2) is 0 Å². The molecule has 0 N–H and O–H groups in total. The zero-order chi connectivity index (χ0) is 8.27. The molecule has 0 spiro atoms. The topological polar surface area (TPSA) is 18.5 Å². The van der Waals surface area contributed by atoms with E-state index in [1.807, 2.05) is 35.9 Å². The van der Waals surface area contributed by atoms with Gasteiger partial charge in [-0.05, 0) is 0 Å². The summed E-state index contributed by atoms with van der Waals surface area (Å²) in [5, 5.41) is 0. The van der Waals surface area contributed by atoms with E-state index in [0.717, 1.165) is 15.7 Å². The number of ether oxygens (including phenoxy) is 2. The second kappa shape index (κ2) is 3.71. The molecule has 54 valence electrons. The average molecular weight is 144 g/mol. The molecule has 0 saturated carbocycles. The van der Waals surface area contributed by atoms with Crippen LogP contribution in [0, 0.1) is 0 Å². The van der Waals surface area contributed by atoms with Crippen molar-refractivity contribution in [2.45, 2.75) is 0 Å². The molecule has 0 radical (unpaired) electrons. The summed E-state index contributed by atoms with van der Waals surface area (Å²) < 4.78 is 11.2. The summed E-state index contributed by atoms with van der Waals surface area (Å²) in [7, 11) is 3.32. The summed E-state index contributed by atoms with van der Waals surface area (Å²) in [6.45, 7) is 0. The standard InChI is InChI=1S/C8H9O2.Li/c1-9-7-3-5-8(10-2)6-4-7;/h3-5H,1-2H3;. The summed E-state index contributed by atoms with van der Waals surface area (Å²) in [5.41, 5.74) is 0. The van der Waals surface area contributed by atoms with Crippen molar-refractivity contribution in [2.24, 2.45) is 0 Å². The molecule has 0 atom stereocenters. The first-order chi connectivity index (χ1) is 5.27. The molecule has 0 heterocycles. The summed E-state index contributed by atoms with van der Waals surface area (Å²) in [6, 6.07) is 5.72. The molecular weight excluding hydrogens is 135 g/mol. The van der Waals surface area contributed by atoms with E-state index in [0.29, 0.717) is 0 Å². The Labute approximate surface area is 75.7 Å². The van der Waals surface area contributed by atoms with Crippen LogP contribution >= 0.6 is 0 Å². The summed E-state index contributed by atoms with van der Waals surface area (Å²) in [6.07, 6.45) is 0. The van der Waals surface area contributed by atoms with Gasteiger partial charge in [0.2, 0.25) is 0 Å². The molecule has 0 amide bonds. The van der Waals surface area contributed by atoms with Crippen molar-refractivity contribution in [1.29, 1.82) is 0 Å². The molecule has 11 heavy (non-hydrogen) atoms. The Morgan fingerprint density at radius 1 is 1.18 bits per heavy atom. The fraction of sp³-hybridized carbons (Fsp3) is 0.250. The average Bonchev–Trinajstić information content (AvgIpc) is 2.04. The molecule has 1 aromatic carbocycles. The van der Waals surface area contributed by atoms with Crippen molar-refractivity contribution in [1.82, 2.24) is 0 Å². The molecule has 0 fully saturated rings. The van der Waals surface area contributed by atoms with Gasteiger partial charge in [-0.2, -0.15) is 0 Å². The normalized spacial score (nSPS) is 9.45. The fourth-order valence-electron chi connectivity index (χ4n) is 0.978. The number of methoxy groups -OCH3 is 2. The van der Waals surface area contributed by atoms with Crippen molar-refractivity contribution in [3.63, 3.8) is 0 Å². The van der Waals surface area contributed by atoms with Crippen LogP contribution in [0.3, 0.4) is 0 Å². The third kappa shape index (κ3) is 1.92. The third-order valence-corrected chi connectivity index (χ3v) is 1.60. The number of hydrogen-bond donors (Lipinski definition) is 0. The van der Waals surface area contributed by atoms with E-state index in [9.17, 15) is 0 Å². The van der Waals surface area contributed by atoms with Gasteiger partial charge in [0.05, 0.1) is 0 Å². The monoisotopic (exact) mass is 144 g/mol. The molecule has 1 aromatic rings. The Morgan fingerprint density at radius 3 is 2.36 bits per heavy atom. The maximum absolute atomic E-state index is 5.09. The Bertz CT molecular complexity index is 248. The summed E-state index contributed by atoms with van der Waals surface area (Å²) in [5.74, 6) is 1.76. The van der Waals surface area contributed by atoms with Crippen molar-refractivity contribution in [2.75, 3.05) is 14.2 Å². The molecule has 0 bridgehead atoms. The van der Waals surface area contributed by atoms with E-state index in [-0.39, 0.29) is 0 Å². The van der Waals surface area contributed by atoms with Crippen LogP contribution in [0.2, 0.25) is 0 Å². The van der Waals surface area contributed by atoms with Gasteiger partial charge in [0, 0.05) is 0 Å². The Kier molecular flexibility index (Phi) is 2.87. The van der Waals surface area contributed by atoms with Gasteiger partial charge in [0.15, 0.2) is 0 Å². The van der Waals surface area contributed by atoms with Crippen molar-refractivity contribution in [3.05, 3.63) is 18.2 Å². The Morgan fingerprint density at radius 2 is 1.91 bits per heavy atom. The van der Waals surface area contributed by atoms with E-state index >= 15 is 0 Å². The number of benzene rings is 1. The van der Waals surface area contributed by atoms with E-state index < -0.39 is 0 Å². The van der Waals surface area contributed by atoms with Gasteiger partial charge in [-0.1, -0.05) is 0 Å². The van der Waals surface area contributed by atoms with Crippen molar-refractivity contribution >= 4 is 22.0 Å². The van der Waals surface area contributed by atoms with Gasteiger partial charge < -0.3 is 0 Å². The predicted octanol–water partition coefficient (Wildman–Crippen LogP) is 0.498. The Hall–Kier alpha value is -0.583. The summed E-state index contributed by atoms with van der Waals surface area (Å²) in [4.78, 5) is 0. The van der Waals surface area contributed by atoms with Crippen LogP contribution < -0.4 is 13.7 Å². The molecule has 3 heteroatoms. The minimum absolute atomic E-state index is 0.864. The molecule has 0 aliphatic heterocycles. The molecular formula is C8H9LiO2. The van der Waals surface area contributed by atoms with Crippen LogP contribution in [0.1, 0.15) is 0 Å². The van der Waals surface area contributed by atoms with E-state index in [4.69, 9.17) is 9.47 Å². The second-order valence-corrected chi connectivity index (χ2v) is 2.34. The SMILES string of the molecule is [Li][c]1cc(OC)ccc1OC. The fourth-order valence-corrected chi connectivity index (χ4v) is 0.978. The first-order valence-electron chi connectivity index (χ1n) is 3.46. The second-order valence-electron chi connectivity index (χ2n) is 2.34. The van der Waals surface area contributed by atoms with Gasteiger partial charge in [0.1, 0.15) is 0 Å². The van der Waals surface area contributed by atoms with Crippen LogP contribution in [0.5, 0.6) is 11.5 Å². The maximum atomic E-state index is 5.09. The zero-order valence-electron chi connectivity index (χ0n) is 7.05. The quantitative estimate of drug-likeness (QED) is 0.562. The predicted molar refractivity (Wildman–Crippen MR) is 44.9 cm³/mol. The van der Waals surface area contributed by atoms with Crippen molar-refractivity contribution in [3.8, 4) is 11.5 Å². The van der Waals surface area contributed by atoms with E-state index in [1.165, 1.54) is 0 Å². The van der Waals surface area contributed by atoms with Crippen LogP contribution in [-0.4, -0.2) is 31.9 Å². The van der Waals surface area contributed by atoms with Gasteiger partial charge in [0.25, 0.3) is 0 Å². The summed E-state index contributed by atoms with van der Waals surface area (Å²) >= 11 is 1.99. The molecule has 0 unspecified atom stereocenters.